The first-order chi connectivity index (χ1) is 10.3. The summed E-state index contributed by atoms with van der Waals surface area (Å²) in [5.41, 5.74) is 3.47. The molecule has 0 saturated carbocycles. The smallest absolute Gasteiger partial charge is 0.134 e. The van der Waals surface area contributed by atoms with Gasteiger partial charge in [0.1, 0.15) is 5.58 Å². The van der Waals surface area contributed by atoms with Gasteiger partial charge < -0.3 is 9.73 Å². The van der Waals surface area contributed by atoms with E-state index in [1.54, 1.807) is 0 Å². The van der Waals surface area contributed by atoms with E-state index in [9.17, 15) is 0 Å². The highest BCUT2D eigenvalue weighted by Crippen LogP contribution is 2.28. The first-order valence-corrected chi connectivity index (χ1v) is 7.45. The van der Waals surface area contributed by atoms with Gasteiger partial charge in [0, 0.05) is 30.2 Å². The number of rotatable bonds is 6. The zero-order valence-electron chi connectivity index (χ0n) is 12.5. The van der Waals surface area contributed by atoms with Crippen molar-refractivity contribution in [1.29, 1.82) is 0 Å². The third kappa shape index (κ3) is 3.00. The van der Waals surface area contributed by atoms with E-state index in [1.807, 2.05) is 36.3 Å². The van der Waals surface area contributed by atoms with E-state index in [0.717, 1.165) is 25.0 Å². The molecule has 0 fully saturated rings. The molecule has 0 aliphatic carbocycles. The van der Waals surface area contributed by atoms with Crippen LogP contribution in [0.15, 0.2) is 47.3 Å². The normalized spacial score (nSPS) is 12.9. The van der Waals surface area contributed by atoms with E-state index >= 15 is 0 Å². The van der Waals surface area contributed by atoms with Gasteiger partial charge in [-0.1, -0.05) is 25.1 Å². The van der Waals surface area contributed by atoms with Gasteiger partial charge in [0.15, 0.2) is 0 Å². The highest BCUT2D eigenvalue weighted by atomic mass is 16.3. The highest BCUT2D eigenvalue weighted by molar-refractivity contribution is 5.81. The molecule has 0 spiro atoms. The number of hydrogen-bond acceptors (Lipinski definition) is 3. The van der Waals surface area contributed by atoms with Crippen LogP contribution in [0.25, 0.3) is 11.0 Å². The predicted molar refractivity (Wildman–Crippen MR) is 84.2 cm³/mol. The molecule has 0 aliphatic rings. The number of furan rings is 1. The van der Waals surface area contributed by atoms with Crippen molar-refractivity contribution in [2.75, 3.05) is 6.54 Å². The second-order valence-electron chi connectivity index (χ2n) is 5.36. The van der Waals surface area contributed by atoms with Crippen molar-refractivity contribution in [3.8, 4) is 0 Å². The Morgan fingerprint density at radius 2 is 2.19 bits per heavy atom. The lowest BCUT2D eigenvalue weighted by atomic mass is 9.99. The summed E-state index contributed by atoms with van der Waals surface area (Å²) in [6, 6.07) is 8.52. The van der Waals surface area contributed by atoms with Gasteiger partial charge >= 0.3 is 0 Å². The van der Waals surface area contributed by atoms with Gasteiger partial charge in [-0.2, -0.15) is 5.10 Å². The van der Waals surface area contributed by atoms with Crippen LogP contribution in [0.1, 0.15) is 30.5 Å². The predicted octanol–water partition coefficient (Wildman–Crippen LogP) is 3.45. The number of nitrogens with one attached hydrogen (secondary N) is 1. The number of benzene rings is 1. The van der Waals surface area contributed by atoms with Crippen LogP contribution in [0.5, 0.6) is 0 Å². The maximum atomic E-state index is 5.68. The lowest BCUT2D eigenvalue weighted by Crippen LogP contribution is -2.21. The molecule has 0 aliphatic heterocycles. The van der Waals surface area contributed by atoms with Crippen molar-refractivity contribution in [3.05, 3.63) is 54.0 Å². The van der Waals surface area contributed by atoms with Gasteiger partial charge in [-0.15, -0.1) is 0 Å². The second-order valence-corrected chi connectivity index (χ2v) is 5.36. The summed E-state index contributed by atoms with van der Waals surface area (Å²) in [5, 5.41) is 9.00. The van der Waals surface area contributed by atoms with Crippen LogP contribution in [0.4, 0.5) is 0 Å². The SMILES string of the molecule is CCNC(CCc1cnn(C)c1)c1coc2ccccc12. The molecule has 0 saturated heterocycles. The van der Waals surface area contributed by atoms with Crippen LogP contribution in [0.2, 0.25) is 0 Å². The molecule has 0 radical (unpaired) electrons. The van der Waals surface area contributed by atoms with Crippen molar-refractivity contribution in [3.63, 3.8) is 0 Å². The average molecular weight is 283 g/mol. The quantitative estimate of drug-likeness (QED) is 0.753. The van der Waals surface area contributed by atoms with E-state index in [0.29, 0.717) is 6.04 Å². The fourth-order valence-electron chi connectivity index (χ4n) is 2.79. The number of aromatic nitrogens is 2. The minimum absolute atomic E-state index is 0.304. The van der Waals surface area contributed by atoms with Crippen LogP contribution in [0.3, 0.4) is 0 Å². The number of hydrogen-bond donors (Lipinski definition) is 1. The third-order valence-electron chi connectivity index (χ3n) is 3.82. The first kappa shape index (κ1) is 13.9. The molecule has 2 heterocycles. The average Bonchev–Trinajstić information content (AvgIpc) is 3.10. The summed E-state index contributed by atoms with van der Waals surface area (Å²) in [6.45, 7) is 3.08. The highest BCUT2D eigenvalue weighted by Gasteiger charge is 2.16. The summed E-state index contributed by atoms with van der Waals surface area (Å²) in [7, 11) is 1.95. The van der Waals surface area contributed by atoms with Gasteiger partial charge in [-0.3, -0.25) is 4.68 Å². The summed E-state index contributed by atoms with van der Waals surface area (Å²) in [5.74, 6) is 0. The number of fused-ring (bicyclic) bond motifs is 1. The summed E-state index contributed by atoms with van der Waals surface area (Å²) in [6.07, 6.45) is 7.95. The van der Waals surface area contributed by atoms with Gasteiger partial charge in [-0.05, 0) is 31.0 Å². The molecular weight excluding hydrogens is 262 g/mol. The van der Waals surface area contributed by atoms with Crippen LogP contribution >= 0.6 is 0 Å². The largest absolute Gasteiger partial charge is 0.464 e. The minimum Gasteiger partial charge on any atom is -0.464 e. The Morgan fingerprint density at radius 1 is 1.33 bits per heavy atom. The molecule has 4 heteroatoms. The van der Waals surface area contributed by atoms with Crippen molar-refractivity contribution in [1.82, 2.24) is 15.1 Å². The van der Waals surface area contributed by atoms with E-state index in [1.165, 1.54) is 16.5 Å². The standard InChI is InChI=1S/C17H21N3O/c1-3-18-16(9-8-13-10-19-20(2)11-13)15-12-21-17-7-5-4-6-14(15)17/h4-7,10-12,16,18H,3,8-9H2,1-2H3. The molecule has 3 aromatic rings. The lowest BCUT2D eigenvalue weighted by molar-refractivity contribution is 0.506. The maximum Gasteiger partial charge on any atom is 0.134 e. The van der Waals surface area contributed by atoms with Crippen LogP contribution in [-0.4, -0.2) is 16.3 Å². The molecule has 0 amide bonds. The van der Waals surface area contributed by atoms with Crippen molar-refractivity contribution in [2.45, 2.75) is 25.8 Å². The van der Waals surface area contributed by atoms with Gasteiger partial charge in [0.05, 0.1) is 12.5 Å². The van der Waals surface area contributed by atoms with Gasteiger partial charge in [0.2, 0.25) is 0 Å². The summed E-state index contributed by atoms with van der Waals surface area (Å²) < 4.78 is 7.53. The molecular formula is C17H21N3O. The molecule has 1 aromatic carbocycles. The third-order valence-corrected chi connectivity index (χ3v) is 3.82. The Kier molecular flexibility index (Phi) is 4.06. The second kappa shape index (κ2) is 6.14. The summed E-state index contributed by atoms with van der Waals surface area (Å²) in [4.78, 5) is 0. The molecule has 1 atom stereocenters. The van der Waals surface area contributed by atoms with Gasteiger partial charge in [-0.25, -0.2) is 0 Å². The molecule has 1 N–H and O–H groups in total. The van der Waals surface area contributed by atoms with E-state index in [-0.39, 0.29) is 0 Å². The fraction of sp³-hybridized carbons (Fsp3) is 0.353. The van der Waals surface area contributed by atoms with Crippen LogP contribution < -0.4 is 5.32 Å². The van der Waals surface area contributed by atoms with Crippen LogP contribution in [0, 0.1) is 0 Å². The molecule has 0 bridgehead atoms. The molecule has 3 rings (SSSR count). The first-order valence-electron chi connectivity index (χ1n) is 7.45. The maximum absolute atomic E-state index is 5.68. The van der Waals surface area contributed by atoms with Gasteiger partial charge in [0.25, 0.3) is 0 Å². The Hall–Kier alpha value is -2.07. The van der Waals surface area contributed by atoms with E-state index in [2.05, 4.69) is 35.7 Å². The molecule has 110 valence electrons. The summed E-state index contributed by atoms with van der Waals surface area (Å²) >= 11 is 0. The Bertz CT molecular complexity index is 713. The molecule has 2 aromatic heterocycles. The number of aryl methyl sites for hydroxylation is 2. The molecule has 1 unspecified atom stereocenters. The van der Waals surface area contributed by atoms with E-state index in [4.69, 9.17) is 4.42 Å². The number of nitrogens with zero attached hydrogens (tertiary/aromatic N) is 2. The topological polar surface area (TPSA) is 43.0 Å². The van der Waals surface area contributed by atoms with Crippen molar-refractivity contribution >= 4 is 11.0 Å². The zero-order chi connectivity index (χ0) is 14.7. The zero-order valence-corrected chi connectivity index (χ0v) is 12.5. The number of para-hydroxylation sites is 1. The van der Waals surface area contributed by atoms with E-state index < -0.39 is 0 Å². The fourth-order valence-corrected chi connectivity index (χ4v) is 2.79. The monoisotopic (exact) mass is 283 g/mol. The molecule has 4 nitrogen and oxygen atoms in total. The van der Waals surface area contributed by atoms with Crippen molar-refractivity contribution < 1.29 is 4.42 Å². The Morgan fingerprint density at radius 3 is 2.95 bits per heavy atom. The van der Waals surface area contributed by atoms with Crippen molar-refractivity contribution in [2.24, 2.45) is 7.05 Å². The lowest BCUT2D eigenvalue weighted by Gasteiger charge is -2.16. The Balaban J connectivity index is 1.80. The Labute approximate surface area is 124 Å². The molecule has 21 heavy (non-hydrogen) atoms. The van der Waals surface area contributed by atoms with Crippen LogP contribution in [-0.2, 0) is 13.5 Å². The minimum atomic E-state index is 0.304.